The number of hydroxylamine groups is 2. The van der Waals surface area contributed by atoms with E-state index in [4.69, 9.17) is 19.0 Å². The summed E-state index contributed by atoms with van der Waals surface area (Å²) in [6.07, 6.45) is 1.02. The van der Waals surface area contributed by atoms with Crippen molar-refractivity contribution in [1.29, 1.82) is 0 Å². The largest absolute Gasteiger partial charge is 0.454 e. The molecule has 27 heavy (non-hydrogen) atoms. The third-order valence-corrected chi connectivity index (χ3v) is 4.72. The van der Waals surface area contributed by atoms with Crippen LogP contribution >= 0.6 is 0 Å². The lowest BCUT2D eigenvalue weighted by molar-refractivity contribution is -0.319. The Morgan fingerprint density at radius 2 is 2.00 bits per heavy atom. The molecule has 1 N–H and O–H groups in total. The Kier molecular flexibility index (Phi) is 3.77. The SMILES string of the molecule is C[C@@H]1CN(C(=O)c2ccc3c(c2)OCO3)O[C@@H](c2c[nH]c3ccccc23)O1. The van der Waals surface area contributed by atoms with Crippen LogP contribution < -0.4 is 9.47 Å². The van der Waals surface area contributed by atoms with E-state index in [0.29, 0.717) is 23.6 Å². The van der Waals surface area contributed by atoms with E-state index >= 15 is 0 Å². The highest BCUT2D eigenvalue weighted by Crippen LogP contribution is 2.35. The number of hydrogen-bond acceptors (Lipinski definition) is 5. The third kappa shape index (κ3) is 2.81. The number of fused-ring (bicyclic) bond motifs is 2. The van der Waals surface area contributed by atoms with Gasteiger partial charge >= 0.3 is 0 Å². The molecular weight excluding hydrogens is 348 g/mol. The molecule has 2 aromatic carbocycles. The molecule has 2 aliphatic rings. The molecule has 1 fully saturated rings. The summed E-state index contributed by atoms with van der Waals surface area (Å²) < 4.78 is 16.6. The van der Waals surface area contributed by atoms with Gasteiger partial charge in [-0.25, -0.2) is 9.90 Å². The second-order valence-corrected chi connectivity index (χ2v) is 6.61. The Balaban J connectivity index is 1.42. The second-order valence-electron chi connectivity index (χ2n) is 6.61. The topological polar surface area (TPSA) is 73.0 Å². The number of aromatic amines is 1. The first kappa shape index (κ1) is 16.2. The fraction of sp³-hybridized carbons (Fsp3) is 0.250. The fourth-order valence-corrected chi connectivity index (χ4v) is 3.39. The molecule has 7 nitrogen and oxygen atoms in total. The van der Waals surface area contributed by atoms with Gasteiger partial charge in [0.2, 0.25) is 13.1 Å². The zero-order chi connectivity index (χ0) is 18.4. The molecule has 7 heteroatoms. The van der Waals surface area contributed by atoms with E-state index in [0.717, 1.165) is 16.5 Å². The molecule has 2 atom stereocenters. The molecule has 3 heterocycles. The molecule has 0 spiro atoms. The first-order chi connectivity index (χ1) is 13.2. The van der Waals surface area contributed by atoms with E-state index < -0.39 is 6.29 Å². The molecule has 1 saturated heterocycles. The summed E-state index contributed by atoms with van der Waals surface area (Å²) in [6, 6.07) is 13.0. The van der Waals surface area contributed by atoms with Gasteiger partial charge in [0, 0.05) is 28.2 Å². The van der Waals surface area contributed by atoms with Gasteiger partial charge in [-0.05, 0) is 31.2 Å². The molecule has 0 unspecified atom stereocenters. The van der Waals surface area contributed by atoms with Gasteiger partial charge in [0.05, 0.1) is 12.6 Å². The van der Waals surface area contributed by atoms with E-state index in [1.54, 1.807) is 18.2 Å². The maximum atomic E-state index is 13.0. The average molecular weight is 366 g/mol. The van der Waals surface area contributed by atoms with Crippen LogP contribution in [0.1, 0.15) is 29.1 Å². The Bertz CT molecular complexity index is 1010. The first-order valence-electron chi connectivity index (χ1n) is 8.79. The fourth-order valence-electron chi connectivity index (χ4n) is 3.39. The predicted octanol–water partition coefficient (Wildman–Crippen LogP) is 3.39. The molecule has 5 rings (SSSR count). The van der Waals surface area contributed by atoms with Crippen LogP contribution in [0.5, 0.6) is 11.5 Å². The maximum absolute atomic E-state index is 13.0. The zero-order valence-electron chi connectivity index (χ0n) is 14.7. The van der Waals surface area contributed by atoms with Crippen molar-refractivity contribution in [2.24, 2.45) is 0 Å². The minimum atomic E-state index is -0.664. The highest BCUT2D eigenvalue weighted by molar-refractivity contribution is 5.94. The summed E-state index contributed by atoms with van der Waals surface area (Å²) in [5.74, 6) is 0.961. The number of aromatic nitrogens is 1. The molecule has 0 bridgehead atoms. The van der Waals surface area contributed by atoms with Crippen molar-refractivity contribution in [1.82, 2.24) is 10.0 Å². The highest BCUT2D eigenvalue weighted by atomic mass is 16.8. The number of nitrogens with zero attached hydrogens (tertiary/aromatic N) is 1. The first-order valence-corrected chi connectivity index (χ1v) is 8.79. The minimum Gasteiger partial charge on any atom is -0.454 e. The van der Waals surface area contributed by atoms with E-state index in [9.17, 15) is 4.79 Å². The Morgan fingerprint density at radius 3 is 2.93 bits per heavy atom. The molecule has 1 aromatic heterocycles. The predicted molar refractivity (Wildman–Crippen MR) is 96.3 cm³/mol. The molecule has 3 aromatic rings. The summed E-state index contributed by atoms with van der Waals surface area (Å²) in [7, 11) is 0. The van der Waals surface area contributed by atoms with Crippen LogP contribution in [0.4, 0.5) is 0 Å². The lowest BCUT2D eigenvalue weighted by Gasteiger charge is -2.35. The van der Waals surface area contributed by atoms with Crippen LogP contribution in [0.3, 0.4) is 0 Å². The number of carbonyl (C=O) groups is 1. The molecule has 2 aliphatic heterocycles. The molecular formula is C20H18N2O5. The van der Waals surface area contributed by atoms with Gasteiger partial charge in [-0.2, -0.15) is 0 Å². The van der Waals surface area contributed by atoms with Gasteiger partial charge in [0.1, 0.15) is 0 Å². The zero-order valence-corrected chi connectivity index (χ0v) is 14.7. The number of ether oxygens (including phenoxy) is 3. The van der Waals surface area contributed by atoms with Crippen molar-refractivity contribution in [3.05, 3.63) is 59.8 Å². The summed E-state index contributed by atoms with van der Waals surface area (Å²) in [4.78, 5) is 22.1. The third-order valence-electron chi connectivity index (χ3n) is 4.72. The molecule has 1 amide bonds. The summed E-state index contributed by atoms with van der Waals surface area (Å²) >= 11 is 0. The number of amides is 1. The molecule has 0 radical (unpaired) electrons. The monoisotopic (exact) mass is 366 g/mol. The van der Waals surface area contributed by atoms with Crippen molar-refractivity contribution in [3.8, 4) is 11.5 Å². The molecule has 0 saturated carbocycles. The standard InChI is InChI=1S/C20H18N2O5/c1-12-10-22(19(23)13-6-7-17-18(8-13)25-11-24-17)27-20(26-12)15-9-21-16-5-3-2-4-14(15)16/h2-9,12,20-21H,10-11H2,1H3/t12-,20+/m1/s1. The number of para-hydroxylation sites is 1. The lowest BCUT2D eigenvalue weighted by atomic mass is 10.1. The van der Waals surface area contributed by atoms with E-state index in [1.165, 1.54) is 5.06 Å². The quantitative estimate of drug-likeness (QED) is 0.753. The Hall–Kier alpha value is -3.03. The number of hydrogen-bond donors (Lipinski definition) is 1. The smallest absolute Gasteiger partial charge is 0.277 e. The van der Waals surface area contributed by atoms with Crippen molar-refractivity contribution in [2.45, 2.75) is 19.3 Å². The van der Waals surface area contributed by atoms with E-state index in [1.807, 2.05) is 37.4 Å². The van der Waals surface area contributed by atoms with E-state index in [2.05, 4.69) is 4.98 Å². The Morgan fingerprint density at radius 1 is 1.15 bits per heavy atom. The summed E-state index contributed by atoms with van der Waals surface area (Å²) in [5.41, 5.74) is 2.33. The van der Waals surface area contributed by atoms with Crippen LogP contribution in [0.25, 0.3) is 10.9 Å². The number of H-pyrrole nitrogens is 1. The maximum Gasteiger partial charge on any atom is 0.277 e. The lowest BCUT2D eigenvalue weighted by Crippen LogP contribution is -2.44. The van der Waals surface area contributed by atoms with Gasteiger partial charge in [0.25, 0.3) is 5.91 Å². The van der Waals surface area contributed by atoms with Crippen molar-refractivity contribution in [2.75, 3.05) is 13.3 Å². The molecule has 0 aliphatic carbocycles. The van der Waals surface area contributed by atoms with Gasteiger partial charge in [-0.3, -0.25) is 4.79 Å². The summed E-state index contributed by atoms with van der Waals surface area (Å²) in [6.45, 7) is 2.43. The van der Waals surface area contributed by atoms with Crippen LogP contribution in [0, 0.1) is 0 Å². The van der Waals surface area contributed by atoms with Crippen molar-refractivity contribution >= 4 is 16.8 Å². The second kappa shape index (κ2) is 6.29. The van der Waals surface area contributed by atoms with Crippen LogP contribution in [0.2, 0.25) is 0 Å². The number of benzene rings is 2. The number of rotatable bonds is 2. The van der Waals surface area contributed by atoms with Gasteiger partial charge < -0.3 is 19.2 Å². The van der Waals surface area contributed by atoms with Crippen molar-refractivity contribution < 1.29 is 23.8 Å². The normalized spacial score (nSPS) is 21.6. The van der Waals surface area contributed by atoms with Crippen LogP contribution in [0.15, 0.2) is 48.7 Å². The average Bonchev–Trinajstić information content (AvgIpc) is 3.33. The van der Waals surface area contributed by atoms with Gasteiger partial charge in [-0.1, -0.05) is 18.2 Å². The van der Waals surface area contributed by atoms with Gasteiger partial charge in [-0.15, -0.1) is 0 Å². The minimum absolute atomic E-state index is 0.167. The van der Waals surface area contributed by atoms with Crippen LogP contribution in [-0.2, 0) is 9.57 Å². The number of nitrogens with one attached hydrogen (secondary N) is 1. The van der Waals surface area contributed by atoms with Crippen molar-refractivity contribution in [3.63, 3.8) is 0 Å². The Labute approximate surface area is 155 Å². The summed E-state index contributed by atoms with van der Waals surface area (Å²) in [5, 5.41) is 2.37. The highest BCUT2D eigenvalue weighted by Gasteiger charge is 2.33. The van der Waals surface area contributed by atoms with Crippen LogP contribution in [-0.4, -0.2) is 35.4 Å². The van der Waals surface area contributed by atoms with E-state index in [-0.39, 0.29) is 18.8 Å². The number of carbonyl (C=O) groups excluding carboxylic acids is 1. The van der Waals surface area contributed by atoms with Gasteiger partial charge in [0.15, 0.2) is 11.5 Å². The molecule has 138 valence electrons.